The van der Waals surface area contributed by atoms with E-state index in [-0.39, 0.29) is 17.2 Å². The maximum Gasteiger partial charge on any atom is 0.258 e. The van der Waals surface area contributed by atoms with Crippen LogP contribution in [-0.4, -0.2) is 23.3 Å². The lowest BCUT2D eigenvalue weighted by molar-refractivity contribution is 0.118. The average molecular weight is 433 g/mol. The summed E-state index contributed by atoms with van der Waals surface area (Å²) in [5.74, 6) is 1.65. The highest BCUT2D eigenvalue weighted by Gasteiger charge is 2.31. The van der Waals surface area contributed by atoms with Gasteiger partial charge in [-0.15, -0.1) is 6.58 Å². The van der Waals surface area contributed by atoms with E-state index in [4.69, 9.17) is 15.2 Å². The summed E-state index contributed by atoms with van der Waals surface area (Å²) >= 11 is 0. The SMILES string of the molecule is C=CC[C@]1(N)CC[C@@H](Oc2cc3ccn(Cc4ccc(OC)cc4)c(=O)c3cc2C)CC1. The van der Waals surface area contributed by atoms with Crippen molar-refractivity contribution in [2.45, 2.75) is 57.2 Å². The quantitative estimate of drug-likeness (QED) is 0.536. The van der Waals surface area contributed by atoms with Crippen molar-refractivity contribution >= 4 is 10.8 Å². The molecule has 2 aromatic carbocycles. The topological polar surface area (TPSA) is 66.5 Å². The van der Waals surface area contributed by atoms with E-state index in [1.165, 1.54) is 0 Å². The minimum absolute atomic E-state index is 0.00275. The van der Waals surface area contributed by atoms with Gasteiger partial charge in [-0.3, -0.25) is 4.79 Å². The number of fused-ring (bicyclic) bond motifs is 1. The lowest BCUT2D eigenvalue weighted by atomic mass is 9.79. The Kier molecular flexibility index (Phi) is 6.38. The van der Waals surface area contributed by atoms with E-state index in [1.54, 1.807) is 11.7 Å². The van der Waals surface area contributed by atoms with Crippen LogP contribution in [0.4, 0.5) is 0 Å². The number of aryl methyl sites for hydroxylation is 1. The number of hydrogen-bond acceptors (Lipinski definition) is 4. The molecule has 5 heteroatoms. The van der Waals surface area contributed by atoms with Crippen LogP contribution in [0.15, 0.2) is 66.1 Å². The zero-order chi connectivity index (χ0) is 22.7. The van der Waals surface area contributed by atoms with Crippen LogP contribution >= 0.6 is 0 Å². The third-order valence-corrected chi connectivity index (χ3v) is 6.56. The molecular formula is C27H32N2O3. The molecule has 0 saturated heterocycles. The smallest absolute Gasteiger partial charge is 0.258 e. The van der Waals surface area contributed by atoms with Gasteiger partial charge >= 0.3 is 0 Å². The van der Waals surface area contributed by atoms with Gasteiger partial charge in [0.2, 0.25) is 0 Å². The first-order valence-corrected chi connectivity index (χ1v) is 11.2. The summed E-state index contributed by atoms with van der Waals surface area (Å²) in [6.45, 7) is 6.35. The van der Waals surface area contributed by atoms with Gasteiger partial charge in [0, 0.05) is 17.1 Å². The van der Waals surface area contributed by atoms with Crippen LogP contribution in [0.3, 0.4) is 0 Å². The second-order valence-electron chi connectivity index (χ2n) is 8.97. The summed E-state index contributed by atoms with van der Waals surface area (Å²) < 4.78 is 13.3. The molecule has 1 aliphatic rings. The van der Waals surface area contributed by atoms with Crippen LogP contribution < -0.4 is 20.8 Å². The third-order valence-electron chi connectivity index (χ3n) is 6.56. The summed E-state index contributed by atoms with van der Waals surface area (Å²) in [4.78, 5) is 13.1. The van der Waals surface area contributed by atoms with Crippen LogP contribution in [0.2, 0.25) is 0 Å². The molecule has 32 heavy (non-hydrogen) atoms. The first-order valence-electron chi connectivity index (χ1n) is 11.2. The number of pyridine rings is 1. The Balaban J connectivity index is 1.52. The first kappa shape index (κ1) is 22.2. The lowest BCUT2D eigenvalue weighted by Crippen LogP contribution is -2.44. The Hall–Kier alpha value is -3.05. The Morgan fingerprint density at radius 1 is 1.19 bits per heavy atom. The van der Waals surface area contributed by atoms with E-state index in [0.29, 0.717) is 11.9 Å². The molecule has 4 rings (SSSR count). The fourth-order valence-corrected chi connectivity index (χ4v) is 4.55. The molecule has 0 atom stereocenters. The molecule has 2 N–H and O–H groups in total. The predicted molar refractivity (Wildman–Crippen MR) is 130 cm³/mol. The van der Waals surface area contributed by atoms with Crippen LogP contribution in [0.5, 0.6) is 11.5 Å². The zero-order valence-electron chi connectivity index (χ0n) is 19.0. The number of benzene rings is 2. The number of ether oxygens (including phenoxy) is 2. The lowest BCUT2D eigenvalue weighted by Gasteiger charge is -2.36. The molecule has 1 saturated carbocycles. The largest absolute Gasteiger partial charge is 0.497 e. The van der Waals surface area contributed by atoms with Gasteiger partial charge in [0.25, 0.3) is 5.56 Å². The molecule has 0 bridgehead atoms. The zero-order valence-corrected chi connectivity index (χ0v) is 19.0. The van der Waals surface area contributed by atoms with Gasteiger partial charge in [0.15, 0.2) is 0 Å². The molecule has 0 unspecified atom stereocenters. The Morgan fingerprint density at radius 3 is 2.56 bits per heavy atom. The fraction of sp³-hybridized carbons (Fsp3) is 0.370. The van der Waals surface area contributed by atoms with Crippen molar-refractivity contribution in [3.63, 3.8) is 0 Å². The van der Waals surface area contributed by atoms with Crippen molar-refractivity contribution in [2.24, 2.45) is 5.73 Å². The van der Waals surface area contributed by atoms with Gasteiger partial charge < -0.3 is 19.8 Å². The number of aromatic nitrogens is 1. The number of hydrogen-bond donors (Lipinski definition) is 1. The summed E-state index contributed by atoms with van der Waals surface area (Å²) in [6.07, 6.45) is 8.51. The molecular weight excluding hydrogens is 400 g/mol. The molecule has 1 heterocycles. The Morgan fingerprint density at radius 2 is 1.91 bits per heavy atom. The Labute approximate surface area is 189 Å². The molecule has 0 spiro atoms. The first-order chi connectivity index (χ1) is 15.4. The minimum atomic E-state index is -0.144. The molecule has 1 fully saturated rings. The van der Waals surface area contributed by atoms with Crippen molar-refractivity contribution in [1.82, 2.24) is 4.57 Å². The van der Waals surface area contributed by atoms with Crippen molar-refractivity contribution in [3.05, 3.63) is 82.8 Å². The van der Waals surface area contributed by atoms with Crippen molar-refractivity contribution in [1.29, 1.82) is 0 Å². The third kappa shape index (κ3) is 4.73. The summed E-state index contributed by atoms with van der Waals surface area (Å²) in [5.41, 5.74) is 8.35. The van der Waals surface area contributed by atoms with E-state index in [1.807, 2.05) is 61.7 Å². The van der Waals surface area contributed by atoms with Crippen LogP contribution in [0.1, 0.15) is 43.2 Å². The molecule has 5 nitrogen and oxygen atoms in total. The van der Waals surface area contributed by atoms with Crippen molar-refractivity contribution < 1.29 is 9.47 Å². The standard InChI is InChI=1S/C27H32N2O3/c1-4-12-27(28)13-9-23(10-14-27)32-25-17-21-11-15-29(26(30)24(21)16-19(25)2)18-20-5-7-22(31-3)8-6-20/h4-8,11,15-17,23H,1,9-10,12-14,18,28H2,2-3H3/t23-,27+. The van der Waals surface area contributed by atoms with E-state index in [9.17, 15) is 4.79 Å². The van der Waals surface area contributed by atoms with E-state index < -0.39 is 0 Å². The van der Waals surface area contributed by atoms with Gasteiger partial charge in [-0.1, -0.05) is 18.2 Å². The van der Waals surface area contributed by atoms with E-state index >= 15 is 0 Å². The summed E-state index contributed by atoms with van der Waals surface area (Å²) in [6, 6.07) is 13.7. The highest BCUT2D eigenvalue weighted by Crippen LogP contribution is 2.33. The monoisotopic (exact) mass is 432 g/mol. The van der Waals surface area contributed by atoms with E-state index in [2.05, 4.69) is 6.58 Å². The number of nitrogens with two attached hydrogens (primary N) is 1. The highest BCUT2D eigenvalue weighted by atomic mass is 16.5. The average Bonchev–Trinajstić information content (AvgIpc) is 2.79. The second-order valence-corrected chi connectivity index (χ2v) is 8.97. The predicted octanol–water partition coefficient (Wildman–Crippen LogP) is 4.96. The van der Waals surface area contributed by atoms with Crippen LogP contribution in [0.25, 0.3) is 10.8 Å². The van der Waals surface area contributed by atoms with Crippen molar-refractivity contribution in [2.75, 3.05) is 7.11 Å². The molecule has 0 radical (unpaired) electrons. The van der Waals surface area contributed by atoms with Crippen molar-refractivity contribution in [3.8, 4) is 11.5 Å². The Bertz CT molecular complexity index is 1160. The number of nitrogens with zero attached hydrogens (tertiary/aromatic N) is 1. The van der Waals surface area contributed by atoms with Crippen LogP contribution in [-0.2, 0) is 6.54 Å². The minimum Gasteiger partial charge on any atom is -0.497 e. The molecule has 0 amide bonds. The molecule has 0 aliphatic heterocycles. The second kappa shape index (κ2) is 9.21. The van der Waals surface area contributed by atoms with Gasteiger partial charge in [-0.25, -0.2) is 0 Å². The fourth-order valence-electron chi connectivity index (χ4n) is 4.55. The highest BCUT2D eigenvalue weighted by molar-refractivity contribution is 5.84. The van der Waals surface area contributed by atoms with Gasteiger partial charge in [0.05, 0.1) is 19.8 Å². The molecule has 1 aromatic heterocycles. The summed E-state index contributed by atoms with van der Waals surface area (Å²) in [7, 11) is 1.64. The number of methoxy groups -OCH3 is 1. The maximum atomic E-state index is 13.1. The van der Waals surface area contributed by atoms with Crippen LogP contribution in [0, 0.1) is 6.92 Å². The van der Waals surface area contributed by atoms with Gasteiger partial charge in [-0.05, 0) is 85.9 Å². The maximum absolute atomic E-state index is 13.1. The normalized spacial score (nSPS) is 20.8. The number of rotatable bonds is 7. The molecule has 168 valence electrons. The molecule has 1 aliphatic carbocycles. The molecule has 3 aromatic rings. The van der Waals surface area contributed by atoms with Gasteiger partial charge in [0.1, 0.15) is 11.5 Å². The summed E-state index contributed by atoms with van der Waals surface area (Å²) in [5, 5.41) is 1.61. The van der Waals surface area contributed by atoms with E-state index in [0.717, 1.165) is 60.1 Å². The van der Waals surface area contributed by atoms with Gasteiger partial charge in [-0.2, -0.15) is 0 Å².